The van der Waals surface area contributed by atoms with Crippen molar-refractivity contribution in [3.05, 3.63) is 46.5 Å². The monoisotopic (exact) mass is 246 g/mol. The molecule has 0 fully saturated rings. The van der Waals surface area contributed by atoms with Gasteiger partial charge in [-0.15, -0.1) is 5.10 Å². The van der Waals surface area contributed by atoms with Gasteiger partial charge in [0, 0.05) is 6.42 Å². The number of nitrogens with zero attached hydrogens (tertiary/aromatic N) is 2. The number of rotatable bonds is 4. The summed E-state index contributed by atoms with van der Waals surface area (Å²) in [5.41, 5.74) is 2.33. The van der Waals surface area contributed by atoms with Gasteiger partial charge in [-0.05, 0) is 28.6 Å². The lowest BCUT2D eigenvalue weighted by atomic mass is 10.00. The molecule has 17 heavy (non-hydrogen) atoms. The predicted octanol–water partition coefficient (Wildman–Crippen LogP) is 3.09. The van der Waals surface area contributed by atoms with Gasteiger partial charge < -0.3 is 0 Å². The first kappa shape index (κ1) is 11.9. The van der Waals surface area contributed by atoms with Crippen LogP contribution in [0.2, 0.25) is 0 Å². The van der Waals surface area contributed by atoms with Crippen molar-refractivity contribution in [2.24, 2.45) is 0 Å². The molecule has 2 rings (SSSR count). The Hall–Kier alpha value is -1.55. The van der Waals surface area contributed by atoms with E-state index in [1.54, 1.807) is 0 Å². The van der Waals surface area contributed by atoms with E-state index in [-0.39, 0.29) is 5.78 Å². The quantitative estimate of drug-likeness (QED) is 0.778. The van der Waals surface area contributed by atoms with Crippen molar-refractivity contribution in [1.82, 2.24) is 9.59 Å². The molecule has 3 nitrogen and oxygen atoms in total. The lowest BCUT2D eigenvalue weighted by Gasteiger charge is -2.05. The SMILES string of the molecule is CC(C)c1ccc(CC(=O)c2cnns2)cc1. The molecule has 4 heteroatoms. The highest BCUT2D eigenvalue weighted by Crippen LogP contribution is 2.16. The van der Waals surface area contributed by atoms with E-state index in [0.717, 1.165) is 17.1 Å². The number of hydrogen-bond acceptors (Lipinski definition) is 4. The Bertz CT molecular complexity index is 489. The molecule has 0 aliphatic heterocycles. The minimum atomic E-state index is 0.0808. The summed E-state index contributed by atoms with van der Waals surface area (Å²) in [5, 5.41) is 3.67. The van der Waals surface area contributed by atoms with Crippen LogP contribution in [0.15, 0.2) is 30.5 Å². The molecule has 0 saturated heterocycles. The maximum absolute atomic E-state index is 11.8. The van der Waals surface area contributed by atoms with Crippen molar-refractivity contribution in [1.29, 1.82) is 0 Å². The van der Waals surface area contributed by atoms with Gasteiger partial charge >= 0.3 is 0 Å². The molecule has 0 atom stereocenters. The number of aromatic nitrogens is 2. The molecule has 2 aromatic rings. The van der Waals surface area contributed by atoms with Crippen molar-refractivity contribution >= 4 is 17.3 Å². The summed E-state index contributed by atoms with van der Waals surface area (Å²) < 4.78 is 3.69. The van der Waals surface area contributed by atoms with Crippen LogP contribution in [0.5, 0.6) is 0 Å². The normalized spacial score (nSPS) is 10.8. The summed E-state index contributed by atoms with van der Waals surface area (Å²) in [5.74, 6) is 0.600. The second-order valence-electron chi connectivity index (χ2n) is 4.28. The summed E-state index contributed by atoms with van der Waals surface area (Å²) in [4.78, 5) is 12.4. The fourth-order valence-corrected chi connectivity index (χ4v) is 2.03. The standard InChI is InChI=1S/C13H14N2OS/c1-9(2)11-5-3-10(4-6-11)7-12(16)13-8-14-15-17-13/h3-6,8-9H,7H2,1-2H3. The fourth-order valence-electron chi connectivity index (χ4n) is 1.58. The number of hydrogen-bond donors (Lipinski definition) is 0. The molecular weight excluding hydrogens is 232 g/mol. The van der Waals surface area contributed by atoms with E-state index in [4.69, 9.17) is 0 Å². The largest absolute Gasteiger partial charge is 0.293 e. The molecule has 0 saturated carbocycles. The molecule has 0 unspecified atom stereocenters. The van der Waals surface area contributed by atoms with Gasteiger partial charge in [-0.2, -0.15) is 0 Å². The van der Waals surface area contributed by atoms with Crippen molar-refractivity contribution in [3.8, 4) is 0 Å². The minimum Gasteiger partial charge on any atom is -0.293 e. The highest BCUT2D eigenvalue weighted by molar-refractivity contribution is 7.07. The van der Waals surface area contributed by atoms with Crippen molar-refractivity contribution < 1.29 is 4.79 Å². The number of Topliss-reactive ketones (excluding diaryl/α,β-unsaturated/α-hetero) is 1. The van der Waals surface area contributed by atoms with E-state index in [9.17, 15) is 4.79 Å². The minimum absolute atomic E-state index is 0.0808. The van der Waals surface area contributed by atoms with E-state index in [1.165, 1.54) is 11.8 Å². The first-order valence-electron chi connectivity index (χ1n) is 5.56. The van der Waals surface area contributed by atoms with Crippen LogP contribution < -0.4 is 0 Å². The number of ketones is 1. The van der Waals surface area contributed by atoms with Gasteiger partial charge in [0.15, 0.2) is 5.78 Å². The van der Waals surface area contributed by atoms with Gasteiger partial charge in [0.25, 0.3) is 0 Å². The van der Waals surface area contributed by atoms with Crippen LogP contribution in [0.1, 0.15) is 40.6 Å². The Balaban J connectivity index is 2.07. The maximum atomic E-state index is 11.8. The molecule has 1 aromatic carbocycles. The molecule has 88 valence electrons. The third kappa shape index (κ3) is 2.97. The second kappa shape index (κ2) is 5.19. The lowest BCUT2D eigenvalue weighted by Crippen LogP contribution is -2.01. The topological polar surface area (TPSA) is 42.9 Å². The molecule has 0 radical (unpaired) electrons. The third-order valence-electron chi connectivity index (χ3n) is 2.65. The Morgan fingerprint density at radius 1 is 1.29 bits per heavy atom. The first-order chi connectivity index (χ1) is 8.16. The highest BCUT2D eigenvalue weighted by Gasteiger charge is 2.09. The average molecular weight is 246 g/mol. The fraction of sp³-hybridized carbons (Fsp3) is 0.308. The van der Waals surface area contributed by atoms with E-state index in [2.05, 4.69) is 35.6 Å². The number of benzene rings is 1. The molecule has 0 N–H and O–H groups in total. The van der Waals surface area contributed by atoms with E-state index in [1.807, 2.05) is 12.1 Å². The molecule has 0 amide bonds. The van der Waals surface area contributed by atoms with Crippen LogP contribution in [0, 0.1) is 0 Å². The summed E-state index contributed by atoms with van der Waals surface area (Å²) in [6, 6.07) is 8.19. The van der Waals surface area contributed by atoms with Crippen molar-refractivity contribution in [3.63, 3.8) is 0 Å². The summed E-state index contributed by atoms with van der Waals surface area (Å²) in [7, 11) is 0. The van der Waals surface area contributed by atoms with Crippen LogP contribution in [0.3, 0.4) is 0 Å². The van der Waals surface area contributed by atoms with E-state index in [0.29, 0.717) is 17.2 Å². The maximum Gasteiger partial charge on any atom is 0.180 e. The van der Waals surface area contributed by atoms with Crippen LogP contribution in [0.4, 0.5) is 0 Å². The molecule has 0 bridgehead atoms. The summed E-state index contributed by atoms with van der Waals surface area (Å²) in [6.07, 6.45) is 1.94. The predicted molar refractivity (Wildman–Crippen MR) is 68.5 cm³/mol. The van der Waals surface area contributed by atoms with Crippen LogP contribution >= 0.6 is 11.5 Å². The Labute approximate surface area is 105 Å². The lowest BCUT2D eigenvalue weighted by molar-refractivity contribution is 0.0996. The molecule has 1 heterocycles. The Morgan fingerprint density at radius 3 is 2.53 bits per heavy atom. The van der Waals surface area contributed by atoms with Crippen LogP contribution in [-0.4, -0.2) is 15.4 Å². The Kier molecular flexibility index (Phi) is 3.64. The van der Waals surface area contributed by atoms with Gasteiger partial charge in [-0.25, -0.2) is 0 Å². The van der Waals surface area contributed by atoms with Crippen LogP contribution in [0.25, 0.3) is 0 Å². The third-order valence-corrected chi connectivity index (χ3v) is 3.35. The van der Waals surface area contributed by atoms with Gasteiger partial charge in [0.2, 0.25) is 0 Å². The van der Waals surface area contributed by atoms with Gasteiger partial charge in [0.1, 0.15) is 4.88 Å². The zero-order valence-corrected chi connectivity index (χ0v) is 10.7. The number of carbonyl (C=O) groups is 1. The highest BCUT2D eigenvalue weighted by atomic mass is 32.1. The van der Waals surface area contributed by atoms with Crippen LogP contribution in [-0.2, 0) is 6.42 Å². The second-order valence-corrected chi connectivity index (χ2v) is 5.06. The summed E-state index contributed by atoms with van der Waals surface area (Å²) in [6.45, 7) is 4.31. The smallest absolute Gasteiger partial charge is 0.180 e. The van der Waals surface area contributed by atoms with Gasteiger partial charge in [-0.3, -0.25) is 4.79 Å². The molecule has 0 aliphatic rings. The molecule has 1 aromatic heterocycles. The molecular formula is C13H14N2OS. The molecule has 0 spiro atoms. The van der Waals surface area contributed by atoms with Crippen molar-refractivity contribution in [2.45, 2.75) is 26.2 Å². The zero-order valence-electron chi connectivity index (χ0n) is 9.88. The van der Waals surface area contributed by atoms with Gasteiger partial charge in [-0.1, -0.05) is 42.6 Å². The summed E-state index contributed by atoms with van der Waals surface area (Å²) >= 11 is 1.15. The number of carbonyl (C=O) groups excluding carboxylic acids is 1. The molecule has 0 aliphatic carbocycles. The zero-order chi connectivity index (χ0) is 12.3. The van der Waals surface area contributed by atoms with E-state index >= 15 is 0 Å². The van der Waals surface area contributed by atoms with Gasteiger partial charge in [0.05, 0.1) is 6.20 Å². The average Bonchev–Trinajstić information content (AvgIpc) is 2.83. The van der Waals surface area contributed by atoms with Crippen molar-refractivity contribution in [2.75, 3.05) is 0 Å². The first-order valence-corrected chi connectivity index (χ1v) is 6.33. The van der Waals surface area contributed by atoms with E-state index < -0.39 is 0 Å². The Morgan fingerprint density at radius 2 is 2.00 bits per heavy atom.